The molecule has 48 heavy (non-hydrogen) atoms. The topological polar surface area (TPSA) is 104 Å². The highest BCUT2D eigenvalue weighted by Crippen LogP contribution is 2.15. The predicted octanol–water partition coefficient (Wildman–Crippen LogP) is 12.0. The minimum Gasteiger partial charge on any atom is -0.387 e. The maximum atomic E-state index is 12.5. The van der Waals surface area contributed by atoms with E-state index in [-0.39, 0.29) is 12.3 Å². The molecule has 0 rings (SSSR count). The van der Waals surface area contributed by atoms with Crippen molar-refractivity contribution in [1.29, 1.82) is 0 Å². The average molecular weight is 698 g/mol. The first-order valence-corrected chi connectivity index (χ1v) is 22.1. The number of nitrogens with one attached hydrogen (secondary N) is 1. The third-order valence-electron chi connectivity index (χ3n) is 9.37. The number of allylic oxidation sites excluding steroid dienone is 3. The highest BCUT2D eigenvalue weighted by Gasteiger charge is 2.24. The summed E-state index contributed by atoms with van der Waals surface area (Å²) in [6.07, 6.45) is 44.4. The van der Waals surface area contributed by atoms with Crippen LogP contribution in [0.2, 0.25) is 0 Å². The summed E-state index contributed by atoms with van der Waals surface area (Å²) in [5.41, 5.74) is 0. The molecule has 7 heteroatoms. The Morgan fingerprint density at radius 3 is 1.25 bits per heavy atom. The Labute approximate surface area is 298 Å². The van der Waals surface area contributed by atoms with Crippen LogP contribution in [0.3, 0.4) is 0 Å². The first-order chi connectivity index (χ1) is 23.3. The largest absolute Gasteiger partial charge is 0.387 e. The van der Waals surface area contributed by atoms with Crippen LogP contribution in [-0.4, -0.2) is 41.9 Å². The fraction of sp³-hybridized carbons (Fsp3) is 0.878. The van der Waals surface area contributed by atoms with E-state index in [4.69, 9.17) is 0 Å². The zero-order valence-electron chi connectivity index (χ0n) is 31.6. The highest BCUT2D eigenvalue weighted by molar-refractivity contribution is 7.85. The van der Waals surface area contributed by atoms with Crippen molar-refractivity contribution in [2.45, 2.75) is 225 Å². The lowest BCUT2D eigenvalue weighted by Crippen LogP contribution is -2.46. The van der Waals surface area contributed by atoms with Crippen LogP contribution in [0, 0.1) is 0 Å². The molecule has 0 aromatic heterocycles. The smallest absolute Gasteiger partial charge is 0.267 e. The van der Waals surface area contributed by atoms with E-state index in [1.807, 2.05) is 6.08 Å². The number of hydrogen-bond donors (Lipinski definition) is 3. The molecule has 0 saturated carbocycles. The Kier molecular flexibility index (Phi) is 34.8. The predicted molar refractivity (Wildman–Crippen MR) is 207 cm³/mol. The third kappa shape index (κ3) is 36.1. The van der Waals surface area contributed by atoms with Crippen LogP contribution in [0.25, 0.3) is 0 Å². The van der Waals surface area contributed by atoms with E-state index in [2.05, 4.69) is 31.3 Å². The van der Waals surface area contributed by atoms with E-state index < -0.39 is 28.0 Å². The molecule has 0 aliphatic carbocycles. The quantitative estimate of drug-likeness (QED) is 0.0340. The summed E-state index contributed by atoms with van der Waals surface area (Å²) in [6, 6.07) is -1.06. The lowest BCUT2D eigenvalue weighted by molar-refractivity contribution is -0.122. The number of carbonyl (C=O) groups is 1. The van der Waals surface area contributed by atoms with Crippen molar-refractivity contribution in [3.63, 3.8) is 0 Å². The standard InChI is InChI=1S/C41H79NO5S/c1-3-5-7-9-11-13-15-17-19-20-21-23-24-26-28-30-32-34-36-40(43)39(38-48(45,46)47)42-41(44)37-35-33-31-29-27-25-22-18-16-14-12-10-8-6-4-2/h18,22,34,36,39-40,43H,3-17,19-21,23-33,35,37-38H2,1-2H3,(H,42,44)(H,45,46,47)/b22-18-,36-34+. The Hall–Kier alpha value is -1.18. The van der Waals surface area contributed by atoms with Gasteiger partial charge in [0.05, 0.1) is 17.9 Å². The van der Waals surface area contributed by atoms with Crippen molar-refractivity contribution in [3.05, 3.63) is 24.3 Å². The van der Waals surface area contributed by atoms with Crippen LogP contribution < -0.4 is 5.32 Å². The second-order valence-corrected chi connectivity index (χ2v) is 15.8. The Morgan fingerprint density at radius 2 is 0.875 bits per heavy atom. The van der Waals surface area contributed by atoms with Crippen molar-refractivity contribution in [1.82, 2.24) is 5.32 Å². The van der Waals surface area contributed by atoms with Crippen LogP contribution in [0.1, 0.15) is 213 Å². The molecule has 1 amide bonds. The first-order valence-electron chi connectivity index (χ1n) is 20.5. The molecular weight excluding hydrogens is 619 g/mol. The van der Waals surface area contributed by atoms with Crippen LogP contribution in [0.15, 0.2) is 24.3 Å². The fourth-order valence-corrected chi connectivity index (χ4v) is 7.00. The molecule has 0 radical (unpaired) electrons. The minimum atomic E-state index is -4.34. The van der Waals surface area contributed by atoms with Gasteiger partial charge < -0.3 is 10.4 Å². The monoisotopic (exact) mass is 698 g/mol. The molecular formula is C41H79NO5S. The van der Waals surface area contributed by atoms with E-state index in [0.717, 1.165) is 57.8 Å². The molecule has 0 aliphatic rings. The Morgan fingerprint density at radius 1 is 0.542 bits per heavy atom. The number of aliphatic hydroxyl groups excluding tert-OH is 1. The lowest BCUT2D eigenvalue weighted by atomic mass is 10.0. The molecule has 2 unspecified atom stereocenters. The number of aliphatic hydroxyl groups is 1. The second kappa shape index (κ2) is 35.6. The van der Waals surface area contributed by atoms with Gasteiger partial charge in [0.2, 0.25) is 5.91 Å². The number of carbonyl (C=O) groups excluding carboxylic acids is 1. The summed E-state index contributed by atoms with van der Waals surface area (Å²) in [4.78, 5) is 12.5. The zero-order valence-corrected chi connectivity index (χ0v) is 32.4. The Balaban J connectivity index is 3.92. The molecule has 6 nitrogen and oxygen atoms in total. The molecule has 284 valence electrons. The fourth-order valence-electron chi connectivity index (χ4n) is 6.27. The number of amides is 1. The van der Waals surface area contributed by atoms with Crippen molar-refractivity contribution in [3.8, 4) is 0 Å². The molecule has 3 N–H and O–H groups in total. The van der Waals surface area contributed by atoms with Crippen molar-refractivity contribution >= 4 is 16.0 Å². The van der Waals surface area contributed by atoms with E-state index in [1.165, 1.54) is 135 Å². The SMILES string of the molecule is CCCCCCCC/C=C\CCCCCCCC(=O)NC(CS(=O)(=O)O)C(O)/C=C/CCCCCCCCCCCCCCCCCC. The summed E-state index contributed by atoms with van der Waals surface area (Å²) in [5, 5.41) is 13.2. The van der Waals surface area contributed by atoms with Crippen LogP contribution in [0.5, 0.6) is 0 Å². The van der Waals surface area contributed by atoms with Gasteiger partial charge in [0, 0.05) is 6.42 Å². The normalized spacial score (nSPS) is 13.5. The highest BCUT2D eigenvalue weighted by atomic mass is 32.2. The van der Waals surface area contributed by atoms with Crippen molar-refractivity contribution in [2.24, 2.45) is 0 Å². The van der Waals surface area contributed by atoms with Crippen LogP contribution >= 0.6 is 0 Å². The van der Waals surface area contributed by atoms with Gasteiger partial charge in [0.25, 0.3) is 10.1 Å². The molecule has 2 atom stereocenters. The van der Waals surface area contributed by atoms with Gasteiger partial charge in [0.15, 0.2) is 0 Å². The summed E-state index contributed by atoms with van der Waals surface area (Å²) >= 11 is 0. The molecule has 0 aliphatic heterocycles. The summed E-state index contributed by atoms with van der Waals surface area (Å²) < 4.78 is 32.5. The molecule has 0 heterocycles. The van der Waals surface area contributed by atoms with Gasteiger partial charge >= 0.3 is 0 Å². The van der Waals surface area contributed by atoms with E-state index in [9.17, 15) is 22.9 Å². The average Bonchev–Trinajstić information content (AvgIpc) is 3.05. The zero-order chi connectivity index (χ0) is 35.4. The van der Waals surface area contributed by atoms with Gasteiger partial charge in [-0.3, -0.25) is 9.35 Å². The third-order valence-corrected chi connectivity index (χ3v) is 10.2. The van der Waals surface area contributed by atoms with Gasteiger partial charge in [0.1, 0.15) is 0 Å². The maximum Gasteiger partial charge on any atom is 0.267 e. The van der Waals surface area contributed by atoms with Gasteiger partial charge in [-0.1, -0.05) is 186 Å². The second-order valence-electron chi connectivity index (χ2n) is 14.3. The van der Waals surface area contributed by atoms with Crippen LogP contribution in [0.4, 0.5) is 0 Å². The maximum absolute atomic E-state index is 12.5. The van der Waals surface area contributed by atoms with E-state index in [0.29, 0.717) is 0 Å². The van der Waals surface area contributed by atoms with Gasteiger partial charge in [-0.25, -0.2) is 0 Å². The molecule has 0 spiro atoms. The number of unbranched alkanes of at least 4 members (excludes halogenated alkanes) is 27. The van der Waals surface area contributed by atoms with Crippen molar-refractivity contribution in [2.75, 3.05) is 5.75 Å². The molecule has 0 bridgehead atoms. The van der Waals surface area contributed by atoms with Gasteiger partial charge in [-0.05, 0) is 44.9 Å². The van der Waals surface area contributed by atoms with Crippen molar-refractivity contribution < 1.29 is 22.9 Å². The Bertz CT molecular complexity index is 857. The van der Waals surface area contributed by atoms with Gasteiger partial charge in [-0.15, -0.1) is 0 Å². The summed E-state index contributed by atoms with van der Waals surface area (Å²) in [6.45, 7) is 4.52. The molecule has 0 aromatic carbocycles. The summed E-state index contributed by atoms with van der Waals surface area (Å²) in [5.74, 6) is -0.984. The van der Waals surface area contributed by atoms with E-state index in [1.54, 1.807) is 6.08 Å². The minimum absolute atomic E-state index is 0.286. The lowest BCUT2D eigenvalue weighted by Gasteiger charge is -2.21. The molecule has 0 saturated heterocycles. The van der Waals surface area contributed by atoms with E-state index >= 15 is 0 Å². The summed E-state index contributed by atoms with van der Waals surface area (Å²) in [7, 11) is -4.34. The van der Waals surface area contributed by atoms with Gasteiger partial charge in [-0.2, -0.15) is 8.42 Å². The number of rotatable bonds is 37. The first kappa shape index (κ1) is 46.8. The van der Waals surface area contributed by atoms with Crippen LogP contribution in [-0.2, 0) is 14.9 Å². The molecule has 0 fully saturated rings. The number of hydrogen-bond acceptors (Lipinski definition) is 4. The molecule has 0 aromatic rings.